The number of hydrogen-bond acceptors (Lipinski definition) is 5. The average Bonchev–Trinajstić information content (AvgIpc) is 3.09. The SMILES string of the molecule is Cc1ccc(C2=NOC3(CCN(OC(=O)Nc4ccccc4)CC3)C2)cc1. The molecule has 0 atom stereocenters. The van der Waals surface area contributed by atoms with Gasteiger partial charge in [-0.1, -0.05) is 53.2 Å². The number of hydroxylamine groups is 2. The molecule has 140 valence electrons. The van der Waals surface area contributed by atoms with E-state index in [9.17, 15) is 4.79 Å². The predicted octanol–water partition coefficient (Wildman–Crippen LogP) is 4.12. The van der Waals surface area contributed by atoms with Crippen LogP contribution in [0.2, 0.25) is 0 Å². The van der Waals surface area contributed by atoms with Crippen molar-refractivity contribution in [3.05, 3.63) is 65.7 Å². The van der Waals surface area contributed by atoms with Gasteiger partial charge in [-0.05, 0) is 24.6 Å². The van der Waals surface area contributed by atoms with Crippen molar-refractivity contribution >= 4 is 17.5 Å². The van der Waals surface area contributed by atoms with Crippen LogP contribution in [-0.2, 0) is 9.68 Å². The number of nitrogens with one attached hydrogen (secondary N) is 1. The third kappa shape index (κ3) is 4.11. The first-order chi connectivity index (χ1) is 13.1. The molecule has 27 heavy (non-hydrogen) atoms. The second-order valence-electron chi connectivity index (χ2n) is 7.15. The molecule has 6 heteroatoms. The molecule has 2 aromatic rings. The summed E-state index contributed by atoms with van der Waals surface area (Å²) in [5, 5.41) is 8.75. The third-order valence-corrected chi connectivity index (χ3v) is 5.09. The Morgan fingerprint density at radius 2 is 1.81 bits per heavy atom. The van der Waals surface area contributed by atoms with E-state index in [2.05, 4.69) is 41.7 Å². The summed E-state index contributed by atoms with van der Waals surface area (Å²) < 4.78 is 0. The van der Waals surface area contributed by atoms with E-state index >= 15 is 0 Å². The maximum atomic E-state index is 12.0. The number of piperidine rings is 1. The standard InChI is InChI=1S/C21H23N3O3/c1-16-7-9-17(10-8-16)19-15-21(27-23-19)11-13-24(14-12-21)26-20(25)22-18-5-3-2-4-6-18/h2-10H,11-15H2,1H3,(H,22,25). The minimum Gasteiger partial charge on any atom is -0.388 e. The lowest BCUT2D eigenvalue weighted by atomic mass is 9.86. The van der Waals surface area contributed by atoms with Crippen molar-refractivity contribution in [1.29, 1.82) is 0 Å². The Morgan fingerprint density at radius 3 is 2.52 bits per heavy atom. The van der Waals surface area contributed by atoms with Crippen LogP contribution in [0.3, 0.4) is 0 Å². The van der Waals surface area contributed by atoms with Gasteiger partial charge in [0.1, 0.15) is 5.60 Å². The maximum Gasteiger partial charge on any atom is 0.430 e. The highest BCUT2D eigenvalue weighted by Crippen LogP contribution is 2.36. The molecule has 0 bridgehead atoms. The summed E-state index contributed by atoms with van der Waals surface area (Å²) in [5.74, 6) is 0. The Bertz CT molecular complexity index is 826. The third-order valence-electron chi connectivity index (χ3n) is 5.09. The van der Waals surface area contributed by atoms with Crippen LogP contribution in [0.5, 0.6) is 0 Å². The molecule has 2 aliphatic heterocycles. The number of rotatable bonds is 3. The van der Waals surface area contributed by atoms with E-state index in [1.165, 1.54) is 5.56 Å². The fraction of sp³-hybridized carbons (Fsp3) is 0.333. The molecule has 6 nitrogen and oxygen atoms in total. The van der Waals surface area contributed by atoms with Gasteiger partial charge in [0.05, 0.1) is 5.71 Å². The zero-order chi connectivity index (χ0) is 18.7. The Balaban J connectivity index is 1.28. The van der Waals surface area contributed by atoms with Gasteiger partial charge in [0.15, 0.2) is 0 Å². The molecule has 2 heterocycles. The zero-order valence-corrected chi connectivity index (χ0v) is 15.4. The van der Waals surface area contributed by atoms with Gasteiger partial charge in [-0.25, -0.2) is 4.79 Å². The van der Waals surface area contributed by atoms with Crippen LogP contribution in [0.15, 0.2) is 59.8 Å². The summed E-state index contributed by atoms with van der Waals surface area (Å²) in [6.45, 7) is 3.32. The van der Waals surface area contributed by atoms with Crippen LogP contribution in [0.1, 0.15) is 30.4 Å². The van der Waals surface area contributed by atoms with Gasteiger partial charge in [-0.3, -0.25) is 5.32 Å². The van der Waals surface area contributed by atoms with Crippen molar-refractivity contribution in [2.45, 2.75) is 31.8 Å². The van der Waals surface area contributed by atoms with E-state index < -0.39 is 6.09 Å². The molecule has 2 aromatic carbocycles. The number of para-hydroxylation sites is 1. The molecule has 1 N–H and O–H groups in total. The number of aryl methyl sites for hydroxylation is 1. The molecule has 0 aliphatic carbocycles. The highest BCUT2D eigenvalue weighted by atomic mass is 16.7. The van der Waals surface area contributed by atoms with E-state index in [1.54, 1.807) is 5.06 Å². The summed E-state index contributed by atoms with van der Waals surface area (Å²) in [6.07, 6.45) is 1.86. The summed E-state index contributed by atoms with van der Waals surface area (Å²) >= 11 is 0. The second-order valence-corrected chi connectivity index (χ2v) is 7.15. The molecule has 4 rings (SSSR count). The molecule has 1 saturated heterocycles. The number of carbonyl (C=O) groups excluding carboxylic acids is 1. The van der Waals surface area contributed by atoms with Gasteiger partial charge in [-0.15, -0.1) is 5.06 Å². The molecule has 0 saturated carbocycles. The van der Waals surface area contributed by atoms with Crippen LogP contribution >= 0.6 is 0 Å². The fourth-order valence-corrected chi connectivity index (χ4v) is 3.45. The van der Waals surface area contributed by atoms with Crippen molar-refractivity contribution in [3.63, 3.8) is 0 Å². The van der Waals surface area contributed by atoms with E-state index in [-0.39, 0.29) is 5.60 Å². The Kier molecular flexibility index (Phi) is 4.81. The maximum absolute atomic E-state index is 12.0. The molecule has 0 aromatic heterocycles. The van der Waals surface area contributed by atoms with Gasteiger partial charge in [-0.2, -0.15) is 0 Å². The number of anilines is 1. The van der Waals surface area contributed by atoms with E-state index in [1.807, 2.05) is 30.3 Å². The van der Waals surface area contributed by atoms with E-state index in [0.29, 0.717) is 18.8 Å². The Morgan fingerprint density at radius 1 is 1.11 bits per heavy atom. The minimum absolute atomic E-state index is 0.282. The highest BCUT2D eigenvalue weighted by Gasteiger charge is 2.43. The fourth-order valence-electron chi connectivity index (χ4n) is 3.45. The largest absolute Gasteiger partial charge is 0.430 e. The molecular weight excluding hydrogens is 342 g/mol. The molecule has 0 radical (unpaired) electrons. The first-order valence-corrected chi connectivity index (χ1v) is 9.23. The number of carbonyl (C=O) groups is 1. The van der Waals surface area contributed by atoms with E-state index in [0.717, 1.165) is 30.5 Å². The number of oxime groups is 1. The van der Waals surface area contributed by atoms with Gasteiger partial charge in [0.2, 0.25) is 0 Å². The number of hydrogen-bond donors (Lipinski definition) is 1. The number of amides is 1. The first kappa shape index (κ1) is 17.5. The zero-order valence-electron chi connectivity index (χ0n) is 15.4. The van der Waals surface area contributed by atoms with Crippen molar-refractivity contribution in [1.82, 2.24) is 5.06 Å². The molecule has 1 fully saturated rings. The van der Waals surface area contributed by atoms with Crippen molar-refractivity contribution in [2.75, 3.05) is 18.4 Å². The van der Waals surface area contributed by atoms with Crippen molar-refractivity contribution < 1.29 is 14.5 Å². The molecule has 1 spiro atoms. The lowest BCUT2D eigenvalue weighted by Crippen LogP contribution is -2.45. The normalized spacial score (nSPS) is 18.6. The van der Waals surface area contributed by atoms with Crippen LogP contribution in [0.25, 0.3) is 0 Å². The summed E-state index contributed by atoms with van der Waals surface area (Å²) in [7, 11) is 0. The summed E-state index contributed by atoms with van der Waals surface area (Å²) in [6, 6.07) is 17.6. The topological polar surface area (TPSA) is 63.2 Å². The lowest BCUT2D eigenvalue weighted by Gasteiger charge is -2.35. The van der Waals surface area contributed by atoms with Crippen LogP contribution in [-0.4, -0.2) is 35.6 Å². The van der Waals surface area contributed by atoms with E-state index in [4.69, 9.17) is 9.68 Å². The molecule has 1 amide bonds. The Hall–Kier alpha value is -2.86. The monoisotopic (exact) mass is 365 g/mol. The van der Waals surface area contributed by atoms with Crippen molar-refractivity contribution in [3.8, 4) is 0 Å². The highest BCUT2D eigenvalue weighted by molar-refractivity contribution is 6.01. The predicted molar refractivity (Wildman–Crippen MR) is 104 cm³/mol. The summed E-state index contributed by atoms with van der Waals surface area (Å²) in [5.41, 5.74) is 3.76. The molecular formula is C21H23N3O3. The average molecular weight is 365 g/mol. The van der Waals surface area contributed by atoms with Crippen molar-refractivity contribution in [2.24, 2.45) is 5.16 Å². The van der Waals surface area contributed by atoms with Gasteiger partial charge in [0.25, 0.3) is 0 Å². The smallest absolute Gasteiger partial charge is 0.388 e. The number of nitrogens with zero attached hydrogens (tertiary/aromatic N) is 2. The molecule has 2 aliphatic rings. The van der Waals surface area contributed by atoms with Gasteiger partial charge in [0, 0.05) is 38.0 Å². The Labute approximate surface area is 158 Å². The first-order valence-electron chi connectivity index (χ1n) is 9.23. The lowest BCUT2D eigenvalue weighted by molar-refractivity contribution is -0.154. The molecule has 0 unspecified atom stereocenters. The van der Waals surface area contributed by atoms with Crippen LogP contribution in [0, 0.1) is 6.92 Å². The van der Waals surface area contributed by atoms with Crippen LogP contribution in [0.4, 0.5) is 10.5 Å². The minimum atomic E-state index is -0.471. The van der Waals surface area contributed by atoms with Crippen LogP contribution < -0.4 is 5.32 Å². The number of benzene rings is 2. The van der Waals surface area contributed by atoms with Gasteiger partial charge < -0.3 is 9.68 Å². The second kappa shape index (κ2) is 7.40. The van der Waals surface area contributed by atoms with Gasteiger partial charge >= 0.3 is 6.09 Å². The summed E-state index contributed by atoms with van der Waals surface area (Å²) in [4.78, 5) is 23.3. The quantitative estimate of drug-likeness (QED) is 0.889.